The van der Waals surface area contributed by atoms with Gasteiger partial charge in [0.1, 0.15) is 21.7 Å². The Bertz CT molecular complexity index is 753. The Morgan fingerprint density at radius 1 is 1.23 bits per heavy atom. The predicted octanol–water partition coefficient (Wildman–Crippen LogP) is 5.67. The summed E-state index contributed by atoms with van der Waals surface area (Å²) >= 11 is 16.4. The molecule has 1 fully saturated rings. The molecule has 0 saturated heterocycles. The van der Waals surface area contributed by atoms with E-state index in [-0.39, 0.29) is 5.56 Å². The maximum atomic E-state index is 13.3. The Labute approximate surface area is 160 Å². The number of alkyl halides is 3. The summed E-state index contributed by atoms with van der Waals surface area (Å²) in [5, 5.41) is -2.57. The first-order valence-electron chi connectivity index (χ1n) is 7.08. The Morgan fingerprint density at radius 2 is 1.73 bits per heavy atom. The first-order valence-corrected chi connectivity index (χ1v) is 8.21. The second kappa shape index (κ2) is 7.13. The second-order valence-electron chi connectivity index (χ2n) is 6.24. The number of esters is 1. The number of carbonyl (C=O) groups is 1. The van der Waals surface area contributed by atoms with Crippen LogP contribution in [0.25, 0.3) is 0 Å². The fourth-order valence-corrected chi connectivity index (χ4v) is 3.15. The van der Waals surface area contributed by atoms with Crippen LogP contribution in [-0.2, 0) is 16.1 Å². The maximum absolute atomic E-state index is 13.3. The third-order valence-corrected chi connectivity index (χ3v) is 5.32. The second-order valence-corrected chi connectivity index (χ2v) is 7.41. The van der Waals surface area contributed by atoms with Crippen LogP contribution in [0.4, 0.5) is 22.0 Å². The number of hydrogen-bond donors (Lipinski definition) is 0. The summed E-state index contributed by atoms with van der Waals surface area (Å²) in [5.41, 5.74) is -1.16. The molecule has 1 aromatic rings. The van der Waals surface area contributed by atoms with E-state index in [1.165, 1.54) is 0 Å². The van der Waals surface area contributed by atoms with Crippen molar-refractivity contribution >= 4 is 40.8 Å². The number of allylic oxidation sites excluding steroid dienone is 2. The van der Waals surface area contributed by atoms with Crippen LogP contribution in [0, 0.1) is 29.1 Å². The Balaban J connectivity index is 2.13. The van der Waals surface area contributed by atoms with Gasteiger partial charge in [0, 0.05) is 5.56 Å². The van der Waals surface area contributed by atoms with Crippen molar-refractivity contribution in [1.29, 1.82) is 0 Å². The zero-order valence-corrected chi connectivity index (χ0v) is 15.5. The molecule has 0 aromatic carbocycles. The fraction of sp³-hybridized carbons (Fsp3) is 0.467. The van der Waals surface area contributed by atoms with Gasteiger partial charge in [0.05, 0.1) is 5.92 Å². The fourth-order valence-electron chi connectivity index (χ4n) is 2.58. The van der Waals surface area contributed by atoms with Crippen molar-refractivity contribution in [1.82, 2.24) is 4.98 Å². The van der Waals surface area contributed by atoms with Crippen molar-refractivity contribution in [2.75, 3.05) is 0 Å². The van der Waals surface area contributed by atoms with Crippen molar-refractivity contribution in [3.8, 4) is 0 Å². The minimum atomic E-state index is -4.72. The Morgan fingerprint density at radius 3 is 2.19 bits per heavy atom. The van der Waals surface area contributed by atoms with Crippen LogP contribution >= 0.6 is 34.8 Å². The Kier molecular flexibility index (Phi) is 5.81. The van der Waals surface area contributed by atoms with Gasteiger partial charge in [-0.25, -0.2) is 0 Å². The highest BCUT2D eigenvalue weighted by atomic mass is 35.5. The molecule has 26 heavy (non-hydrogen) atoms. The molecule has 1 aromatic heterocycles. The third kappa shape index (κ3) is 4.07. The lowest BCUT2D eigenvalue weighted by molar-refractivity contribution is -0.147. The molecule has 2 unspecified atom stereocenters. The number of aromatic nitrogens is 1. The van der Waals surface area contributed by atoms with Gasteiger partial charge in [-0.15, -0.1) is 0 Å². The smallest absolute Gasteiger partial charge is 0.426 e. The molecule has 0 bridgehead atoms. The normalized spacial score (nSPS) is 22.3. The summed E-state index contributed by atoms with van der Waals surface area (Å²) in [4.78, 5) is 15.0. The molecule has 0 radical (unpaired) electrons. The number of pyridine rings is 1. The summed E-state index contributed by atoms with van der Waals surface area (Å²) in [6.45, 7) is 2.46. The monoisotopic (exact) mass is 437 g/mol. The van der Waals surface area contributed by atoms with Gasteiger partial charge in [-0.05, 0) is 11.3 Å². The van der Waals surface area contributed by atoms with Crippen LogP contribution < -0.4 is 0 Å². The molecular formula is C15H11Cl3F5NO2. The minimum absolute atomic E-state index is 0.328. The molecule has 1 aliphatic rings. The average molecular weight is 439 g/mol. The number of nitrogens with zero attached hydrogens (tertiary/aromatic N) is 1. The number of ether oxygens (including phenoxy) is 1. The minimum Gasteiger partial charge on any atom is -0.460 e. The van der Waals surface area contributed by atoms with Crippen molar-refractivity contribution in [2.45, 2.75) is 26.6 Å². The van der Waals surface area contributed by atoms with Crippen molar-refractivity contribution in [2.24, 2.45) is 17.3 Å². The standard InChI is InChI=1S/C15H11Cl3F5NO2/c1-14(2)6(3-7(16)15(21,22)23)8(14)13(25)26-4-5-9(17)11(19)24-12(20)10(5)18/h3,6,8H,4H2,1-2H3/b7-3+. The molecule has 0 aliphatic heterocycles. The predicted molar refractivity (Wildman–Crippen MR) is 84.7 cm³/mol. The number of hydrogen-bond acceptors (Lipinski definition) is 3. The van der Waals surface area contributed by atoms with Gasteiger partial charge in [0.15, 0.2) is 0 Å². The van der Waals surface area contributed by atoms with E-state index in [0.29, 0.717) is 0 Å². The number of rotatable bonds is 4. The molecule has 144 valence electrons. The molecule has 3 nitrogen and oxygen atoms in total. The van der Waals surface area contributed by atoms with Gasteiger partial charge in [0.25, 0.3) is 0 Å². The first-order chi connectivity index (χ1) is 11.8. The highest BCUT2D eigenvalue weighted by Crippen LogP contribution is 2.60. The zero-order valence-electron chi connectivity index (χ0n) is 13.2. The van der Waals surface area contributed by atoms with Gasteiger partial charge in [-0.3, -0.25) is 4.79 Å². The molecule has 1 heterocycles. The maximum Gasteiger partial charge on any atom is 0.426 e. The van der Waals surface area contributed by atoms with E-state index in [4.69, 9.17) is 39.5 Å². The van der Waals surface area contributed by atoms with Crippen LogP contribution in [0.1, 0.15) is 19.4 Å². The summed E-state index contributed by atoms with van der Waals surface area (Å²) in [5.74, 6) is -5.24. The SMILES string of the molecule is CC1(C)C(/C=C(/Cl)C(F)(F)F)C1C(=O)OCc1c(Cl)c(F)nc(F)c1Cl. The third-order valence-electron chi connectivity index (χ3n) is 4.21. The van der Waals surface area contributed by atoms with Gasteiger partial charge < -0.3 is 4.74 Å². The van der Waals surface area contributed by atoms with Crippen LogP contribution in [0.2, 0.25) is 10.0 Å². The van der Waals surface area contributed by atoms with Crippen LogP contribution in [0.15, 0.2) is 11.1 Å². The summed E-state index contributed by atoms with van der Waals surface area (Å²) in [6, 6.07) is 0. The largest absolute Gasteiger partial charge is 0.460 e. The quantitative estimate of drug-likeness (QED) is 0.346. The highest BCUT2D eigenvalue weighted by molar-refractivity contribution is 6.35. The van der Waals surface area contributed by atoms with E-state index in [1.54, 1.807) is 13.8 Å². The first kappa shape index (κ1) is 21.2. The van der Waals surface area contributed by atoms with E-state index in [0.717, 1.165) is 6.08 Å². The van der Waals surface area contributed by atoms with E-state index in [2.05, 4.69) is 4.98 Å². The number of carbonyl (C=O) groups excluding carboxylic acids is 1. The lowest BCUT2D eigenvalue weighted by atomic mass is 10.1. The summed E-state index contributed by atoms with van der Waals surface area (Å²) in [6.07, 6.45) is -3.97. The average Bonchev–Trinajstić information content (AvgIpc) is 3.04. The summed E-state index contributed by atoms with van der Waals surface area (Å²) in [7, 11) is 0. The van der Waals surface area contributed by atoms with Gasteiger partial charge in [-0.2, -0.15) is 26.9 Å². The summed E-state index contributed by atoms with van der Waals surface area (Å²) < 4.78 is 69.2. The molecule has 1 saturated carbocycles. The topological polar surface area (TPSA) is 39.2 Å². The van der Waals surface area contributed by atoms with E-state index < -0.39 is 63.0 Å². The Hall–Kier alpha value is -1.12. The van der Waals surface area contributed by atoms with E-state index in [1.807, 2.05) is 0 Å². The van der Waals surface area contributed by atoms with Crippen molar-refractivity contribution < 1.29 is 31.5 Å². The van der Waals surface area contributed by atoms with Crippen molar-refractivity contribution in [3.05, 3.63) is 38.6 Å². The molecule has 0 amide bonds. The molecule has 2 rings (SSSR count). The van der Waals surface area contributed by atoms with Crippen LogP contribution in [0.3, 0.4) is 0 Å². The number of halogens is 8. The lowest BCUT2D eigenvalue weighted by Crippen LogP contribution is -2.12. The van der Waals surface area contributed by atoms with Gasteiger partial charge >= 0.3 is 12.1 Å². The molecule has 1 aliphatic carbocycles. The molecular weight excluding hydrogens is 428 g/mol. The lowest BCUT2D eigenvalue weighted by Gasteiger charge is -2.09. The van der Waals surface area contributed by atoms with E-state index in [9.17, 15) is 26.7 Å². The highest BCUT2D eigenvalue weighted by Gasteiger charge is 2.62. The van der Waals surface area contributed by atoms with Crippen molar-refractivity contribution in [3.63, 3.8) is 0 Å². The molecule has 0 spiro atoms. The van der Waals surface area contributed by atoms with Gasteiger partial charge in [0.2, 0.25) is 11.9 Å². The molecule has 0 N–H and O–H groups in total. The van der Waals surface area contributed by atoms with Gasteiger partial charge in [-0.1, -0.05) is 54.7 Å². The van der Waals surface area contributed by atoms with Crippen LogP contribution in [-0.4, -0.2) is 17.1 Å². The zero-order chi connectivity index (χ0) is 20.0. The molecule has 11 heteroatoms. The van der Waals surface area contributed by atoms with Crippen LogP contribution in [0.5, 0.6) is 0 Å². The molecule has 2 atom stereocenters. The van der Waals surface area contributed by atoms with E-state index >= 15 is 0 Å².